The van der Waals surface area contributed by atoms with Crippen LogP contribution in [0.3, 0.4) is 0 Å². The van der Waals surface area contributed by atoms with Crippen LogP contribution in [0.2, 0.25) is 10.0 Å². The second-order valence-corrected chi connectivity index (χ2v) is 7.49. The van der Waals surface area contributed by atoms with Crippen LogP contribution in [0.15, 0.2) is 23.1 Å². The molecule has 0 unspecified atom stereocenters. The molecule has 0 radical (unpaired) electrons. The molecular formula is C12H13Cl2NO5S. The van der Waals surface area contributed by atoms with Crippen LogP contribution < -0.4 is 0 Å². The number of aliphatic hydroxyl groups is 1. The summed E-state index contributed by atoms with van der Waals surface area (Å²) < 4.78 is 26.0. The summed E-state index contributed by atoms with van der Waals surface area (Å²) in [6.07, 6.45) is -1.22. The van der Waals surface area contributed by atoms with E-state index in [9.17, 15) is 18.3 Å². The van der Waals surface area contributed by atoms with Crippen molar-refractivity contribution in [3.05, 3.63) is 28.2 Å². The number of β-amino-alcohol motifs (C(OH)–C–C–N with tert-alkyl or cyclic N) is 1. The van der Waals surface area contributed by atoms with Gasteiger partial charge in [-0.2, -0.15) is 4.31 Å². The highest BCUT2D eigenvalue weighted by molar-refractivity contribution is 7.89. The predicted octanol–water partition coefficient (Wildman–Crippen LogP) is 1.45. The fourth-order valence-electron chi connectivity index (χ4n) is 2.22. The minimum atomic E-state index is -3.93. The van der Waals surface area contributed by atoms with Gasteiger partial charge in [0, 0.05) is 18.1 Å². The molecule has 1 heterocycles. The number of hydrogen-bond acceptors (Lipinski definition) is 4. The van der Waals surface area contributed by atoms with E-state index in [0.29, 0.717) is 0 Å². The van der Waals surface area contributed by atoms with E-state index in [2.05, 4.69) is 0 Å². The Morgan fingerprint density at radius 2 is 2.00 bits per heavy atom. The number of piperidine rings is 1. The van der Waals surface area contributed by atoms with Crippen molar-refractivity contribution in [2.45, 2.75) is 17.4 Å². The summed E-state index contributed by atoms with van der Waals surface area (Å²) in [6, 6.07) is 4.07. The zero-order chi connectivity index (χ0) is 15.8. The van der Waals surface area contributed by atoms with Gasteiger partial charge in [-0.3, -0.25) is 4.79 Å². The van der Waals surface area contributed by atoms with Crippen molar-refractivity contribution in [2.24, 2.45) is 5.92 Å². The molecule has 116 valence electrons. The normalized spacial score (nSPS) is 24.0. The van der Waals surface area contributed by atoms with Crippen LogP contribution in [0.1, 0.15) is 6.42 Å². The van der Waals surface area contributed by atoms with Crippen LogP contribution >= 0.6 is 23.2 Å². The Balaban J connectivity index is 2.29. The van der Waals surface area contributed by atoms with E-state index < -0.39 is 28.0 Å². The first-order valence-electron chi connectivity index (χ1n) is 6.09. The SMILES string of the molecule is O=C(O)[C@H]1CCN(S(=O)(=O)c2cc(Cl)ccc2Cl)C[C@H]1O. The van der Waals surface area contributed by atoms with Gasteiger partial charge in [0.1, 0.15) is 4.90 Å². The van der Waals surface area contributed by atoms with E-state index in [1.807, 2.05) is 0 Å². The van der Waals surface area contributed by atoms with Crippen molar-refractivity contribution in [3.63, 3.8) is 0 Å². The van der Waals surface area contributed by atoms with Gasteiger partial charge in [0.15, 0.2) is 0 Å². The fourth-order valence-corrected chi connectivity index (χ4v) is 4.43. The second-order valence-electron chi connectivity index (χ2n) is 4.74. The third-order valence-electron chi connectivity index (χ3n) is 3.37. The summed E-state index contributed by atoms with van der Waals surface area (Å²) in [7, 11) is -3.93. The highest BCUT2D eigenvalue weighted by atomic mass is 35.5. The molecule has 0 aromatic heterocycles. The van der Waals surface area contributed by atoms with Crippen LogP contribution in [0.4, 0.5) is 0 Å². The van der Waals surface area contributed by atoms with Gasteiger partial charge in [-0.15, -0.1) is 0 Å². The number of sulfonamides is 1. The Morgan fingerprint density at radius 1 is 1.33 bits per heavy atom. The summed E-state index contributed by atoms with van der Waals surface area (Å²) in [4.78, 5) is 10.8. The summed E-state index contributed by atoms with van der Waals surface area (Å²) in [5.74, 6) is -2.10. The summed E-state index contributed by atoms with van der Waals surface area (Å²) >= 11 is 11.7. The largest absolute Gasteiger partial charge is 0.481 e. The van der Waals surface area contributed by atoms with E-state index in [-0.39, 0.29) is 34.5 Å². The molecule has 6 nitrogen and oxygen atoms in total. The van der Waals surface area contributed by atoms with E-state index in [0.717, 1.165) is 4.31 Å². The van der Waals surface area contributed by atoms with Gasteiger partial charge >= 0.3 is 5.97 Å². The topological polar surface area (TPSA) is 94.9 Å². The lowest BCUT2D eigenvalue weighted by Gasteiger charge is -2.33. The van der Waals surface area contributed by atoms with Gasteiger partial charge in [-0.25, -0.2) is 8.42 Å². The third kappa shape index (κ3) is 3.32. The molecule has 1 aliphatic heterocycles. The first kappa shape index (κ1) is 16.5. The highest BCUT2D eigenvalue weighted by Gasteiger charge is 2.38. The molecule has 21 heavy (non-hydrogen) atoms. The van der Waals surface area contributed by atoms with Crippen molar-refractivity contribution < 1.29 is 23.4 Å². The summed E-state index contributed by atoms with van der Waals surface area (Å²) in [5, 5.41) is 19.0. The van der Waals surface area contributed by atoms with Gasteiger partial charge < -0.3 is 10.2 Å². The second kappa shape index (κ2) is 6.10. The van der Waals surface area contributed by atoms with Crippen LogP contribution in [0.5, 0.6) is 0 Å². The number of carboxylic acids is 1. The Labute approximate surface area is 131 Å². The molecule has 0 spiro atoms. The van der Waals surface area contributed by atoms with Gasteiger partial charge in [0.25, 0.3) is 0 Å². The maximum atomic E-state index is 12.5. The molecule has 2 N–H and O–H groups in total. The van der Waals surface area contributed by atoms with Gasteiger partial charge in [-0.1, -0.05) is 23.2 Å². The van der Waals surface area contributed by atoms with Crippen molar-refractivity contribution in [1.82, 2.24) is 4.31 Å². The quantitative estimate of drug-likeness (QED) is 0.857. The lowest BCUT2D eigenvalue weighted by Crippen LogP contribution is -2.48. The number of benzene rings is 1. The molecule has 1 aromatic rings. The molecule has 2 atom stereocenters. The number of rotatable bonds is 3. The smallest absolute Gasteiger partial charge is 0.309 e. The number of halogens is 2. The average Bonchev–Trinajstić information content (AvgIpc) is 2.40. The maximum Gasteiger partial charge on any atom is 0.309 e. The Hall–Kier alpha value is -0.860. The maximum absolute atomic E-state index is 12.5. The zero-order valence-electron chi connectivity index (χ0n) is 10.7. The minimum Gasteiger partial charge on any atom is -0.481 e. The molecule has 1 aromatic carbocycles. The molecule has 1 aliphatic rings. The van der Waals surface area contributed by atoms with E-state index in [1.54, 1.807) is 0 Å². The third-order valence-corrected chi connectivity index (χ3v) is 5.95. The molecule has 1 saturated heterocycles. The Morgan fingerprint density at radius 3 is 2.57 bits per heavy atom. The van der Waals surface area contributed by atoms with Crippen molar-refractivity contribution in [1.29, 1.82) is 0 Å². The van der Waals surface area contributed by atoms with Crippen molar-refractivity contribution >= 4 is 39.2 Å². The van der Waals surface area contributed by atoms with Gasteiger partial charge in [-0.05, 0) is 24.6 Å². The number of hydrogen-bond donors (Lipinski definition) is 2. The number of carboxylic acid groups (broad SMARTS) is 1. The summed E-state index contributed by atoms with van der Waals surface area (Å²) in [5.41, 5.74) is 0. The first-order chi connectivity index (χ1) is 9.73. The minimum absolute atomic E-state index is 0.000791. The summed E-state index contributed by atoms with van der Waals surface area (Å²) in [6.45, 7) is -0.290. The highest BCUT2D eigenvalue weighted by Crippen LogP contribution is 2.30. The standard InChI is InChI=1S/C12H13Cl2NO5S/c13-7-1-2-9(14)11(5-7)21(19,20)15-4-3-8(12(17)18)10(16)6-15/h1-2,5,8,10,16H,3-4,6H2,(H,17,18)/t8-,10+/m0/s1. The van der Waals surface area contributed by atoms with Crippen molar-refractivity contribution in [3.8, 4) is 0 Å². The lowest BCUT2D eigenvalue weighted by atomic mass is 9.95. The number of carbonyl (C=O) groups is 1. The first-order valence-corrected chi connectivity index (χ1v) is 8.29. The van der Waals surface area contributed by atoms with Crippen LogP contribution in [0, 0.1) is 5.92 Å². The molecule has 0 aliphatic carbocycles. The van der Waals surface area contributed by atoms with E-state index in [4.69, 9.17) is 28.3 Å². The van der Waals surface area contributed by atoms with Crippen LogP contribution in [0.25, 0.3) is 0 Å². The molecule has 0 bridgehead atoms. The van der Waals surface area contributed by atoms with E-state index in [1.165, 1.54) is 18.2 Å². The average molecular weight is 354 g/mol. The fraction of sp³-hybridized carbons (Fsp3) is 0.417. The molecule has 9 heteroatoms. The van der Waals surface area contributed by atoms with Crippen molar-refractivity contribution in [2.75, 3.05) is 13.1 Å². The molecule has 0 amide bonds. The predicted molar refractivity (Wildman–Crippen MR) is 77.0 cm³/mol. The van der Waals surface area contributed by atoms with Gasteiger partial charge in [0.2, 0.25) is 10.0 Å². The lowest BCUT2D eigenvalue weighted by molar-refractivity contribution is -0.147. The Bertz CT molecular complexity index is 664. The van der Waals surface area contributed by atoms with Gasteiger partial charge in [0.05, 0.1) is 17.0 Å². The Kier molecular flexibility index (Phi) is 4.79. The molecule has 2 rings (SSSR count). The number of nitrogens with zero attached hydrogens (tertiary/aromatic N) is 1. The number of aliphatic hydroxyl groups excluding tert-OH is 1. The monoisotopic (exact) mass is 353 g/mol. The molecule has 1 fully saturated rings. The number of aliphatic carboxylic acids is 1. The molecular weight excluding hydrogens is 341 g/mol. The van der Waals surface area contributed by atoms with Crippen LogP contribution in [-0.2, 0) is 14.8 Å². The van der Waals surface area contributed by atoms with E-state index >= 15 is 0 Å². The zero-order valence-corrected chi connectivity index (χ0v) is 13.1. The van der Waals surface area contributed by atoms with Crippen LogP contribution in [-0.4, -0.2) is 48.1 Å². The molecule has 0 saturated carbocycles.